The largest absolute Gasteiger partial charge is 0.490 e. The van der Waals surface area contributed by atoms with Gasteiger partial charge in [0.05, 0.1) is 30.1 Å². The first-order chi connectivity index (χ1) is 20.4. The zero-order chi connectivity index (χ0) is 29.4. The Bertz CT molecular complexity index is 1520. The molecule has 3 aromatic rings. The molecule has 0 unspecified atom stereocenters. The number of piperazine rings is 1. The number of fused-ring (bicyclic) bond motifs is 4. The van der Waals surface area contributed by atoms with Crippen LogP contribution in [0.4, 0.5) is 11.4 Å². The summed E-state index contributed by atoms with van der Waals surface area (Å²) < 4.78 is 11.8. The van der Waals surface area contributed by atoms with Crippen molar-refractivity contribution in [3.8, 4) is 11.5 Å². The molecule has 0 bridgehead atoms. The third-order valence-corrected chi connectivity index (χ3v) is 8.47. The molecule has 0 N–H and O–H groups in total. The van der Waals surface area contributed by atoms with Crippen LogP contribution in [0.3, 0.4) is 0 Å². The molecule has 0 radical (unpaired) electrons. The number of nitrogens with zero attached hydrogens (tertiary/aromatic N) is 4. The Balaban J connectivity index is 1.33. The number of carbonyl (C=O) groups is 2. The maximum absolute atomic E-state index is 14.5. The summed E-state index contributed by atoms with van der Waals surface area (Å²) in [5, 5.41) is 11.0. The highest BCUT2D eigenvalue weighted by Crippen LogP contribution is 2.49. The number of carbonyl (C=O) groups excluding carboxylic acids is 2. The molecule has 42 heavy (non-hydrogen) atoms. The number of benzene rings is 3. The molecule has 2 atom stereocenters. The topological polar surface area (TPSA) is 105 Å². The minimum absolute atomic E-state index is 0.00649. The molecule has 0 aromatic heterocycles. The third-order valence-electron chi connectivity index (χ3n) is 8.47. The molecular weight excluding hydrogens is 536 g/mol. The first kappa shape index (κ1) is 27.6. The molecule has 1 fully saturated rings. The summed E-state index contributed by atoms with van der Waals surface area (Å²) in [6.45, 7) is 7.58. The Morgan fingerprint density at radius 1 is 0.905 bits per heavy atom. The van der Waals surface area contributed by atoms with Gasteiger partial charge in [0, 0.05) is 56.1 Å². The molecule has 6 rings (SSSR count). The number of rotatable bonds is 7. The van der Waals surface area contributed by atoms with Crippen LogP contribution in [-0.2, 0) is 11.2 Å². The molecule has 2 amide bonds. The maximum Gasteiger partial charge on any atom is 0.269 e. The fourth-order valence-corrected chi connectivity index (χ4v) is 6.50. The van der Waals surface area contributed by atoms with E-state index in [-0.39, 0.29) is 17.5 Å². The monoisotopic (exact) mass is 570 g/mol. The number of hydrogen-bond donors (Lipinski definition) is 0. The van der Waals surface area contributed by atoms with Crippen LogP contribution in [0.1, 0.15) is 52.9 Å². The van der Waals surface area contributed by atoms with Crippen molar-refractivity contribution in [2.45, 2.75) is 32.2 Å². The van der Waals surface area contributed by atoms with Gasteiger partial charge in [0.2, 0.25) is 5.91 Å². The van der Waals surface area contributed by atoms with Gasteiger partial charge in [-0.3, -0.25) is 19.7 Å². The highest BCUT2D eigenvalue weighted by Gasteiger charge is 2.48. The number of nitro benzene ring substituents is 1. The number of ether oxygens (including phenoxy) is 2. The van der Waals surface area contributed by atoms with Crippen molar-refractivity contribution >= 4 is 23.2 Å². The molecule has 10 nitrogen and oxygen atoms in total. The van der Waals surface area contributed by atoms with E-state index in [1.165, 1.54) is 12.1 Å². The summed E-state index contributed by atoms with van der Waals surface area (Å²) in [7, 11) is 0. The highest BCUT2D eigenvalue weighted by molar-refractivity contribution is 6.01. The van der Waals surface area contributed by atoms with E-state index in [0.29, 0.717) is 69.4 Å². The van der Waals surface area contributed by atoms with Gasteiger partial charge in [0.1, 0.15) is 0 Å². The normalized spacial score (nSPS) is 19.5. The average molecular weight is 571 g/mol. The van der Waals surface area contributed by atoms with Crippen molar-refractivity contribution < 1.29 is 24.0 Å². The second-order valence-corrected chi connectivity index (χ2v) is 10.7. The zero-order valence-corrected chi connectivity index (χ0v) is 23.8. The molecule has 218 valence electrons. The lowest BCUT2D eigenvalue weighted by Gasteiger charge is -2.47. The minimum Gasteiger partial charge on any atom is -0.490 e. The predicted octanol–water partition coefficient (Wildman–Crippen LogP) is 4.58. The van der Waals surface area contributed by atoms with Gasteiger partial charge in [-0.1, -0.05) is 18.2 Å². The molecule has 0 spiro atoms. The van der Waals surface area contributed by atoms with Crippen molar-refractivity contribution in [3.63, 3.8) is 0 Å². The minimum atomic E-state index is -0.559. The Morgan fingerprint density at radius 2 is 1.57 bits per heavy atom. The first-order valence-corrected chi connectivity index (χ1v) is 14.5. The Morgan fingerprint density at radius 3 is 2.24 bits per heavy atom. The van der Waals surface area contributed by atoms with Gasteiger partial charge in [-0.2, -0.15) is 0 Å². The lowest BCUT2D eigenvalue weighted by Crippen LogP contribution is -2.54. The number of anilines is 1. The molecule has 10 heteroatoms. The number of nitro groups is 1. The van der Waals surface area contributed by atoms with E-state index in [2.05, 4.69) is 4.90 Å². The fourth-order valence-electron chi connectivity index (χ4n) is 6.50. The van der Waals surface area contributed by atoms with Gasteiger partial charge in [0.15, 0.2) is 11.5 Å². The van der Waals surface area contributed by atoms with Crippen molar-refractivity contribution in [2.24, 2.45) is 0 Å². The number of amides is 2. The average Bonchev–Trinajstić information content (AvgIpc) is 3.01. The van der Waals surface area contributed by atoms with Crippen molar-refractivity contribution in [3.05, 3.63) is 93.0 Å². The number of hydrogen-bond acceptors (Lipinski definition) is 7. The summed E-state index contributed by atoms with van der Waals surface area (Å²) in [5.74, 6) is 0.679. The summed E-state index contributed by atoms with van der Waals surface area (Å²) >= 11 is 0. The van der Waals surface area contributed by atoms with E-state index in [9.17, 15) is 19.7 Å². The smallest absolute Gasteiger partial charge is 0.269 e. The van der Waals surface area contributed by atoms with Crippen molar-refractivity contribution in [2.75, 3.05) is 50.8 Å². The van der Waals surface area contributed by atoms with Crippen LogP contribution in [0.15, 0.2) is 60.7 Å². The molecular formula is C32H34N4O6. The number of non-ortho nitro benzene ring substituents is 1. The van der Waals surface area contributed by atoms with E-state index < -0.39 is 16.9 Å². The van der Waals surface area contributed by atoms with Crippen LogP contribution in [-0.4, -0.2) is 72.5 Å². The molecule has 1 saturated heterocycles. The lowest BCUT2D eigenvalue weighted by atomic mass is 9.75. The molecule has 3 heterocycles. The van der Waals surface area contributed by atoms with Crippen molar-refractivity contribution in [1.29, 1.82) is 0 Å². The van der Waals surface area contributed by atoms with Gasteiger partial charge in [-0.15, -0.1) is 0 Å². The standard InChI is InChI=1S/C32H34N4O6/c1-3-41-27-19-21-13-14-35-30(26(21)20-28(27)42-4-2)29(24-7-5-6-8-25(24)31(35)37)32(38)34-17-15-33(16-18-34)22-9-11-23(12-10-22)36(39)40/h5-12,19-20,29-30H,3-4,13-18H2,1-2H3/t29-,30-/m0/s1. The summed E-state index contributed by atoms with van der Waals surface area (Å²) in [6, 6.07) is 17.5. The van der Waals surface area contributed by atoms with Gasteiger partial charge >= 0.3 is 0 Å². The summed E-state index contributed by atoms with van der Waals surface area (Å²) in [6.07, 6.45) is 0.668. The highest BCUT2D eigenvalue weighted by atomic mass is 16.6. The Labute approximate surface area is 244 Å². The third kappa shape index (κ3) is 4.80. The van der Waals surface area contributed by atoms with E-state index in [1.807, 2.05) is 60.0 Å². The van der Waals surface area contributed by atoms with E-state index >= 15 is 0 Å². The molecule has 3 aliphatic rings. The quantitative estimate of drug-likeness (QED) is 0.303. The Hall–Kier alpha value is -4.60. The van der Waals surface area contributed by atoms with Crippen LogP contribution in [0, 0.1) is 10.1 Å². The predicted molar refractivity (Wildman–Crippen MR) is 157 cm³/mol. The SMILES string of the molecule is CCOc1cc2c(cc1OCC)[C@H]1[C@@H](C(=O)N3CCN(c4ccc([N+](=O)[O-])cc4)CC3)c3ccccc3C(=O)N1CC2. The Kier molecular flexibility index (Phi) is 7.45. The van der Waals surface area contributed by atoms with Crippen molar-refractivity contribution in [1.82, 2.24) is 9.80 Å². The van der Waals surface area contributed by atoms with E-state index in [1.54, 1.807) is 12.1 Å². The summed E-state index contributed by atoms with van der Waals surface area (Å²) in [5.41, 5.74) is 4.27. The van der Waals surface area contributed by atoms with E-state index in [4.69, 9.17) is 9.47 Å². The molecule has 3 aliphatic heterocycles. The lowest BCUT2D eigenvalue weighted by molar-refractivity contribution is -0.384. The van der Waals surface area contributed by atoms with Crippen LogP contribution in [0.5, 0.6) is 11.5 Å². The van der Waals surface area contributed by atoms with E-state index in [0.717, 1.165) is 22.4 Å². The molecule has 3 aromatic carbocycles. The van der Waals surface area contributed by atoms with Crippen LogP contribution >= 0.6 is 0 Å². The second kappa shape index (κ2) is 11.3. The van der Waals surface area contributed by atoms with Crippen LogP contribution in [0.25, 0.3) is 0 Å². The van der Waals surface area contributed by atoms with Gasteiger partial charge in [0.25, 0.3) is 11.6 Å². The van der Waals surface area contributed by atoms with Gasteiger partial charge in [-0.25, -0.2) is 0 Å². The fraction of sp³-hybridized carbons (Fsp3) is 0.375. The van der Waals surface area contributed by atoms with Crippen LogP contribution in [0.2, 0.25) is 0 Å². The summed E-state index contributed by atoms with van der Waals surface area (Å²) in [4.78, 5) is 44.7. The van der Waals surface area contributed by atoms with Gasteiger partial charge in [-0.05, 0) is 67.3 Å². The van der Waals surface area contributed by atoms with Crippen LogP contribution < -0.4 is 14.4 Å². The maximum atomic E-state index is 14.5. The molecule has 0 saturated carbocycles. The first-order valence-electron chi connectivity index (χ1n) is 14.5. The second-order valence-electron chi connectivity index (χ2n) is 10.7. The zero-order valence-electron chi connectivity index (χ0n) is 23.8. The molecule has 0 aliphatic carbocycles. The van der Waals surface area contributed by atoms with Gasteiger partial charge < -0.3 is 24.2 Å².